The van der Waals surface area contributed by atoms with E-state index in [0.29, 0.717) is 43.1 Å². The van der Waals surface area contributed by atoms with Crippen LogP contribution in [0.5, 0.6) is 0 Å². The normalized spacial score (nSPS) is 15.8. The number of carbonyl (C=O) groups is 1. The number of rotatable bonds is 3. The third-order valence-electron chi connectivity index (χ3n) is 4.62. The molecule has 2 heterocycles. The molecule has 24 heavy (non-hydrogen) atoms. The summed E-state index contributed by atoms with van der Waals surface area (Å²) in [6.45, 7) is 5.51. The van der Waals surface area contributed by atoms with E-state index in [1.165, 1.54) is 0 Å². The maximum atomic E-state index is 12.8. The summed E-state index contributed by atoms with van der Waals surface area (Å²) in [5, 5.41) is 14.9. The molecule has 2 aromatic rings. The number of hydrogen-bond donors (Lipinski definition) is 1. The van der Waals surface area contributed by atoms with Crippen LogP contribution in [0.4, 0.5) is 0 Å². The van der Waals surface area contributed by atoms with E-state index >= 15 is 0 Å². The van der Waals surface area contributed by atoms with E-state index in [0.717, 1.165) is 17.0 Å². The van der Waals surface area contributed by atoms with E-state index < -0.39 is 0 Å². The molecule has 128 valence electrons. The number of halogens is 1. The highest BCUT2D eigenvalue weighted by molar-refractivity contribution is 6.31. The number of aliphatic hydroxyl groups excluding tert-OH is 1. The van der Waals surface area contributed by atoms with Gasteiger partial charge in [0, 0.05) is 23.8 Å². The molecule has 1 aliphatic rings. The second-order valence-electron chi connectivity index (χ2n) is 6.32. The predicted octanol–water partition coefficient (Wildman–Crippen LogP) is 2.80. The monoisotopic (exact) mass is 347 g/mol. The first-order chi connectivity index (χ1) is 11.5. The SMILES string of the molecule is Cc1nn(Cc2ccccc2Cl)c(C)c1C(=O)N1CCC(O)CC1. The Kier molecular flexibility index (Phi) is 4.92. The fraction of sp³-hybridized carbons (Fsp3) is 0.444. The van der Waals surface area contributed by atoms with Crippen LogP contribution in [0.1, 0.15) is 40.2 Å². The van der Waals surface area contributed by atoms with Gasteiger partial charge in [-0.1, -0.05) is 29.8 Å². The third-order valence-corrected chi connectivity index (χ3v) is 4.99. The molecule has 1 amide bonds. The average Bonchev–Trinajstić information content (AvgIpc) is 2.84. The highest BCUT2D eigenvalue weighted by Crippen LogP contribution is 2.22. The lowest BCUT2D eigenvalue weighted by Gasteiger charge is -2.29. The Balaban J connectivity index is 1.84. The molecule has 1 aromatic heterocycles. The van der Waals surface area contributed by atoms with Gasteiger partial charge in [0.15, 0.2) is 0 Å². The number of carbonyl (C=O) groups excluding carboxylic acids is 1. The van der Waals surface area contributed by atoms with Crippen LogP contribution in [0, 0.1) is 13.8 Å². The zero-order valence-electron chi connectivity index (χ0n) is 14.0. The quantitative estimate of drug-likeness (QED) is 0.928. The molecule has 0 atom stereocenters. The average molecular weight is 348 g/mol. The minimum Gasteiger partial charge on any atom is -0.393 e. The minimum absolute atomic E-state index is 0.00214. The van der Waals surface area contributed by atoms with Crippen LogP contribution in [0.15, 0.2) is 24.3 Å². The van der Waals surface area contributed by atoms with Crippen molar-refractivity contribution < 1.29 is 9.90 Å². The second-order valence-corrected chi connectivity index (χ2v) is 6.73. The minimum atomic E-state index is -0.292. The van der Waals surface area contributed by atoms with Crippen LogP contribution in [-0.2, 0) is 6.54 Å². The summed E-state index contributed by atoms with van der Waals surface area (Å²) in [5.41, 5.74) is 3.22. The van der Waals surface area contributed by atoms with Gasteiger partial charge in [0.05, 0.1) is 23.9 Å². The van der Waals surface area contributed by atoms with Gasteiger partial charge in [0.25, 0.3) is 5.91 Å². The van der Waals surface area contributed by atoms with E-state index in [9.17, 15) is 9.90 Å². The van der Waals surface area contributed by atoms with Gasteiger partial charge in [-0.3, -0.25) is 9.48 Å². The zero-order valence-corrected chi connectivity index (χ0v) is 14.8. The Morgan fingerprint density at radius 2 is 1.96 bits per heavy atom. The van der Waals surface area contributed by atoms with Crippen LogP contribution in [0.2, 0.25) is 5.02 Å². The van der Waals surface area contributed by atoms with Gasteiger partial charge in [-0.15, -0.1) is 0 Å². The number of nitrogens with zero attached hydrogens (tertiary/aromatic N) is 3. The van der Waals surface area contributed by atoms with Crippen molar-refractivity contribution in [1.29, 1.82) is 0 Å². The molecule has 1 fully saturated rings. The van der Waals surface area contributed by atoms with Gasteiger partial charge in [-0.2, -0.15) is 5.10 Å². The molecule has 5 nitrogen and oxygen atoms in total. The van der Waals surface area contributed by atoms with Crippen molar-refractivity contribution in [3.05, 3.63) is 51.8 Å². The van der Waals surface area contributed by atoms with Crippen LogP contribution < -0.4 is 0 Å². The molecule has 0 bridgehead atoms. The molecule has 0 spiro atoms. The fourth-order valence-corrected chi connectivity index (χ4v) is 3.37. The van der Waals surface area contributed by atoms with Crippen LogP contribution in [-0.4, -0.2) is 44.9 Å². The molecule has 1 aromatic carbocycles. The zero-order chi connectivity index (χ0) is 17.3. The molecule has 1 saturated heterocycles. The summed E-state index contributed by atoms with van der Waals surface area (Å²) in [4.78, 5) is 14.7. The van der Waals surface area contributed by atoms with Gasteiger partial charge in [0.2, 0.25) is 0 Å². The van der Waals surface area contributed by atoms with Crippen molar-refractivity contribution in [2.75, 3.05) is 13.1 Å². The largest absolute Gasteiger partial charge is 0.393 e. The van der Waals surface area contributed by atoms with Crippen molar-refractivity contribution >= 4 is 17.5 Å². The van der Waals surface area contributed by atoms with Crippen molar-refractivity contribution in [1.82, 2.24) is 14.7 Å². The Morgan fingerprint density at radius 3 is 2.62 bits per heavy atom. The van der Waals surface area contributed by atoms with Crippen LogP contribution in [0.3, 0.4) is 0 Å². The first kappa shape index (κ1) is 17.0. The number of piperidine rings is 1. The highest BCUT2D eigenvalue weighted by Gasteiger charge is 2.27. The summed E-state index contributed by atoms with van der Waals surface area (Å²) in [7, 11) is 0. The third kappa shape index (κ3) is 3.32. The number of likely N-dealkylation sites (tertiary alicyclic amines) is 1. The smallest absolute Gasteiger partial charge is 0.257 e. The lowest BCUT2D eigenvalue weighted by atomic mass is 10.1. The Labute approximate surface area is 146 Å². The maximum Gasteiger partial charge on any atom is 0.257 e. The van der Waals surface area contributed by atoms with Crippen molar-refractivity contribution in [3.63, 3.8) is 0 Å². The molecule has 0 radical (unpaired) electrons. The van der Waals surface area contributed by atoms with Gasteiger partial charge >= 0.3 is 0 Å². The van der Waals surface area contributed by atoms with Crippen LogP contribution in [0.25, 0.3) is 0 Å². The fourth-order valence-electron chi connectivity index (χ4n) is 3.18. The maximum absolute atomic E-state index is 12.8. The Morgan fingerprint density at radius 1 is 1.29 bits per heavy atom. The number of amides is 1. The lowest BCUT2D eigenvalue weighted by Crippen LogP contribution is -2.40. The second kappa shape index (κ2) is 6.95. The van der Waals surface area contributed by atoms with E-state index in [1.54, 1.807) is 0 Å². The summed E-state index contributed by atoms with van der Waals surface area (Å²) >= 11 is 6.23. The van der Waals surface area contributed by atoms with Crippen molar-refractivity contribution in [2.24, 2.45) is 0 Å². The molecule has 0 aliphatic carbocycles. The van der Waals surface area contributed by atoms with Gasteiger partial charge < -0.3 is 10.0 Å². The molecule has 6 heteroatoms. The molecular formula is C18H22ClN3O2. The topological polar surface area (TPSA) is 58.4 Å². The first-order valence-electron chi connectivity index (χ1n) is 8.22. The number of aliphatic hydroxyl groups is 1. The summed E-state index contributed by atoms with van der Waals surface area (Å²) in [6.07, 6.45) is 0.981. The predicted molar refractivity (Wildman–Crippen MR) is 93.4 cm³/mol. The van der Waals surface area contributed by atoms with E-state index in [4.69, 9.17) is 11.6 Å². The number of benzene rings is 1. The first-order valence-corrected chi connectivity index (χ1v) is 8.60. The van der Waals surface area contributed by atoms with E-state index in [-0.39, 0.29) is 12.0 Å². The standard InChI is InChI=1S/C18H22ClN3O2/c1-12-17(18(24)21-9-7-15(23)8-10-21)13(2)22(20-12)11-14-5-3-4-6-16(14)19/h3-6,15,23H,7-11H2,1-2H3. The lowest BCUT2D eigenvalue weighted by molar-refractivity contribution is 0.0545. The Bertz CT molecular complexity index is 749. The number of hydrogen-bond acceptors (Lipinski definition) is 3. The number of aromatic nitrogens is 2. The highest BCUT2D eigenvalue weighted by atomic mass is 35.5. The summed E-state index contributed by atoms with van der Waals surface area (Å²) in [5.74, 6) is 0.00214. The molecular weight excluding hydrogens is 326 g/mol. The van der Waals surface area contributed by atoms with Crippen molar-refractivity contribution in [2.45, 2.75) is 39.3 Å². The van der Waals surface area contributed by atoms with E-state index in [1.807, 2.05) is 47.7 Å². The summed E-state index contributed by atoms with van der Waals surface area (Å²) < 4.78 is 1.84. The van der Waals surface area contributed by atoms with Crippen molar-refractivity contribution in [3.8, 4) is 0 Å². The molecule has 0 unspecified atom stereocenters. The van der Waals surface area contributed by atoms with Gasteiger partial charge in [0.1, 0.15) is 0 Å². The van der Waals surface area contributed by atoms with E-state index in [2.05, 4.69) is 5.10 Å². The molecule has 1 aliphatic heterocycles. The van der Waals surface area contributed by atoms with Crippen LogP contribution >= 0.6 is 11.6 Å². The number of aryl methyl sites for hydroxylation is 1. The Hall–Kier alpha value is -1.85. The van der Waals surface area contributed by atoms with Gasteiger partial charge in [-0.05, 0) is 38.3 Å². The molecule has 3 rings (SSSR count). The summed E-state index contributed by atoms with van der Waals surface area (Å²) in [6, 6.07) is 7.66. The molecule has 0 saturated carbocycles. The van der Waals surface area contributed by atoms with Gasteiger partial charge in [-0.25, -0.2) is 0 Å². The molecule has 1 N–H and O–H groups in total.